The molecule has 16 heavy (non-hydrogen) atoms. The van der Waals surface area contributed by atoms with Gasteiger partial charge in [0.05, 0.1) is 13.2 Å². The van der Waals surface area contributed by atoms with Crippen LogP contribution in [0.1, 0.15) is 18.4 Å². The smallest absolute Gasteiger partial charge is 0.160 e. The molecule has 0 radical (unpaired) electrons. The van der Waals surface area contributed by atoms with Gasteiger partial charge in [-0.2, -0.15) is 0 Å². The minimum atomic E-state index is 0.0636. The lowest BCUT2D eigenvalue weighted by Crippen LogP contribution is -2.20. The summed E-state index contributed by atoms with van der Waals surface area (Å²) in [5.74, 6) is 0.271. The first-order valence-electron chi connectivity index (χ1n) is 5.68. The Kier molecular flexibility index (Phi) is 3.89. The molecule has 0 fully saturated rings. The van der Waals surface area contributed by atoms with E-state index in [0.29, 0.717) is 13.2 Å². The molecule has 1 aliphatic rings. The van der Waals surface area contributed by atoms with E-state index in [1.807, 2.05) is 36.4 Å². The van der Waals surface area contributed by atoms with E-state index >= 15 is 0 Å². The molecule has 0 bridgehead atoms. The Bertz CT molecular complexity index is 368. The molecule has 0 heterocycles. The van der Waals surface area contributed by atoms with Crippen LogP contribution in [0.2, 0.25) is 0 Å². The minimum Gasteiger partial charge on any atom is -0.376 e. The summed E-state index contributed by atoms with van der Waals surface area (Å²) < 4.78 is 5.57. The molecule has 1 aromatic carbocycles. The molecule has 2 heteroatoms. The van der Waals surface area contributed by atoms with Gasteiger partial charge in [0.25, 0.3) is 0 Å². The zero-order chi connectivity index (χ0) is 11.2. The number of carbonyl (C=O) groups excluding carboxylic acids is 1. The van der Waals surface area contributed by atoms with E-state index in [0.717, 1.165) is 18.4 Å². The largest absolute Gasteiger partial charge is 0.376 e. The number of ketones is 1. The average Bonchev–Trinajstić information content (AvgIpc) is 2.33. The van der Waals surface area contributed by atoms with Crippen molar-refractivity contribution < 1.29 is 9.53 Å². The normalized spacial score (nSPS) is 20.0. The summed E-state index contributed by atoms with van der Waals surface area (Å²) in [4.78, 5) is 11.5. The van der Waals surface area contributed by atoms with Crippen molar-refractivity contribution in [1.29, 1.82) is 0 Å². The van der Waals surface area contributed by atoms with E-state index in [4.69, 9.17) is 4.74 Å². The highest BCUT2D eigenvalue weighted by atomic mass is 16.5. The SMILES string of the molecule is O=C1C=CCC[C@H]1COCc1ccccc1. The fraction of sp³-hybridized carbons (Fsp3) is 0.357. The van der Waals surface area contributed by atoms with Gasteiger partial charge in [0.15, 0.2) is 5.78 Å². The molecule has 1 atom stereocenters. The van der Waals surface area contributed by atoms with Crippen molar-refractivity contribution in [3.8, 4) is 0 Å². The Hall–Kier alpha value is -1.41. The monoisotopic (exact) mass is 216 g/mol. The van der Waals surface area contributed by atoms with Gasteiger partial charge in [0, 0.05) is 5.92 Å². The van der Waals surface area contributed by atoms with E-state index in [1.165, 1.54) is 0 Å². The molecule has 2 nitrogen and oxygen atoms in total. The van der Waals surface area contributed by atoms with Crippen LogP contribution in [0.3, 0.4) is 0 Å². The second-order valence-electron chi connectivity index (χ2n) is 4.08. The molecule has 0 spiro atoms. The molecule has 0 N–H and O–H groups in total. The maximum Gasteiger partial charge on any atom is 0.160 e. The minimum absolute atomic E-state index is 0.0636. The molecule has 0 aliphatic heterocycles. The number of benzene rings is 1. The number of ether oxygens (including phenoxy) is 1. The third-order valence-electron chi connectivity index (χ3n) is 2.80. The summed E-state index contributed by atoms with van der Waals surface area (Å²) in [5, 5.41) is 0. The molecule has 0 saturated carbocycles. The maximum atomic E-state index is 11.5. The van der Waals surface area contributed by atoms with Gasteiger partial charge in [-0.3, -0.25) is 4.79 Å². The highest BCUT2D eigenvalue weighted by molar-refractivity contribution is 5.92. The van der Waals surface area contributed by atoms with E-state index < -0.39 is 0 Å². The summed E-state index contributed by atoms with van der Waals surface area (Å²) in [6, 6.07) is 10.0. The highest BCUT2D eigenvalue weighted by Crippen LogP contribution is 2.15. The third-order valence-corrected chi connectivity index (χ3v) is 2.80. The number of rotatable bonds is 4. The quantitative estimate of drug-likeness (QED) is 0.773. The van der Waals surface area contributed by atoms with Crippen molar-refractivity contribution in [2.75, 3.05) is 6.61 Å². The Balaban J connectivity index is 1.76. The van der Waals surface area contributed by atoms with E-state index in [9.17, 15) is 4.79 Å². The van der Waals surface area contributed by atoms with Crippen molar-refractivity contribution >= 4 is 5.78 Å². The van der Waals surface area contributed by atoms with Crippen LogP contribution in [0.4, 0.5) is 0 Å². The molecule has 0 unspecified atom stereocenters. The van der Waals surface area contributed by atoms with Crippen LogP contribution in [-0.4, -0.2) is 12.4 Å². The number of carbonyl (C=O) groups is 1. The van der Waals surface area contributed by atoms with Crippen LogP contribution in [-0.2, 0) is 16.1 Å². The zero-order valence-electron chi connectivity index (χ0n) is 9.26. The lowest BCUT2D eigenvalue weighted by Gasteiger charge is -2.16. The van der Waals surface area contributed by atoms with Crippen LogP contribution in [0, 0.1) is 5.92 Å². The topological polar surface area (TPSA) is 26.3 Å². The van der Waals surface area contributed by atoms with Crippen LogP contribution in [0.15, 0.2) is 42.5 Å². The van der Waals surface area contributed by atoms with Crippen LogP contribution in [0.25, 0.3) is 0 Å². The van der Waals surface area contributed by atoms with Crippen LogP contribution >= 0.6 is 0 Å². The fourth-order valence-electron chi connectivity index (χ4n) is 1.83. The second-order valence-corrected chi connectivity index (χ2v) is 4.08. The molecule has 0 saturated heterocycles. The maximum absolute atomic E-state index is 11.5. The molecule has 1 aromatic rings. The lowest BCUT2D eigenvalue weighted by molar-refractivity contribution is -0.120. The average molecular weight is 216 g/mol. The van der Waals surface area contributed by atoms with Gasteiger partial charge in [0.1, 0.15) is 0 Å². The second kappa shape index (κ2) is 5.61. The lowest BCUT2D eigenvalue weighted by atomic mass is 9.94. The van der Waals surface area contributed by atoms with Gasteiger partial charge in [-0.05, 0) is 24.5 Å². The van der Waals surface area contributed by atoms with Crippen molar-refractivity contribution in [2.45, 2.75) is 19.4 Å². The van der Waals surface area contributed by atoms with Gasteiger partial charge in [0.2, 0.25) is 0 Å². The molecule has 2 rings (SSSR count). The Morgan fingerprint density at radius 2 is 2.06 bits per heavy atom. The van der Waals surface area contributed by atoms with Crippen molar-refractivity contribution in [3.05, 3.63) is 48.0 Å². The van der Waals surface area contributed by atoms with E-state index in [1.54, 1.807) is 6.08 Å². The number of allylic oxidation sites excluding steroid dienone is 2. The van der Waals surface area contributed by atoms with Gasteiger partial charge in [-0.1, -0.05) is 36.4 Å². The van der Waals surface area contributed by atoms with Crippen molar-refractivity contribution in [2.24, 2.45) is 5.92 Å². The van der Waals surface area contributed by atoms with Crippen molar-refractivity contribution in [3.63, 3.8) is 0 Å². The van der Waals surface area contributed by atoms with Gasteiger partial charge in [-0.25, -0.2) is 0 Å². The van der Waals surface area contributed by atoms with Crippen LogP contribution < -0.4 is 0 Å². The van der Waals surface area contributed by atoms with Crippen molar-refractivity contribution in [1.82, 2.24) is 0 Å². The van der Waals surface area contributed by atoms with Gasteiger partial charge < -0.3 is 4.74 Å². The summed E-state index contributed by atoms with van der Waals surface area (Å²) in [7, 11) is 0. The molecule has 0 aromatic heterocycles. The highest BCUT2D eigenvalue weighted by Gasteiger charge is 2.18. The molecular formula is C14H16O2. The summed E-state index contributed by atoms with van der Waals surface area (Å²) >= 11 is 0. The van der Waals surface area contributed by atoms with Gasteiger partial charge >= 0.3 is 0 Å². The fourth-order valence-corrected chi connectivity index (χ4v) is 1.83. The Labute approximate surface area is 95.9 Å². The Morgan fingerprint density at radius 3 is 2.81 bits per heavy atom. The predicted octanol–water partition coefficient (Wildman–Crippen LogP) is 2.74. The molecule has 0 amide bonds. The molecule has 84 valence electrons. The van der Waals surface area contributed by atoms with Crippen LogP contribution in [0.5, 0.6) is 0 Å². The number of hydrogen-bond donors (Lipinski definition) is 0. The van der Waals surface area contributed by atoms with E-state index in [-0.39, 0.29) is 11.7 Å². The number of hydrogen-bond acceptors (Lipinski definition) is 2. The molecular weight excluding hydrogens is 200 g/mol. The van der Waals surface area contributed by atoms with E-state index in [2.05, 4.69) is 0 Å². The third kappa shape index (κ3) is 3.04. The zero-order valence-corrected chi connectivity index (χ0v) is 9.26. The summed E-state index contributed by atoms with van der Waals surface area (Å²) in [6.07, 6.45) is 5.53. The van der Waals surface area contributed by atoms with Gasteiger partial charge in [-0.15, -0.1) is 0 Å². The summed E-state index contributed by atoms with van der Waals surface area (Å²) in [5.41, 5.74) is 1.15. The predicted molar refractivity (Wildman–Crippen MR) is 63.0 cm³/mol. The summed E-state index contributed by atoms with van der Waals surface area (Å²) in [6.45, 7) is 1.13. The standard InChI is InChI=1S/C14H16O2/c15-14-9-5-4-8-13(14)11-16-10-12-6-2-1-3-7-12/h1-3,5-7,9,13H,4,8,10-11H2/t13-/m0/s1. The first kappa shape index (κ1) is 11.1. The molecule has 1 aliphatic carbocycles. The first-order chi connectivity index (χ1) is 7.86. The Morgan fingerprint density at radius 1 is 1.25 bits per heavy atom. The first-order valence-corrected chi connectivity index (χ1v) is 5.68.